The topological polar surface area (TPSA) is 228 Å². The Bertz CT molecular complexity index is 1360. The van der Waals surface area contributed by atoms with Crippen molar-refractivity contribution in [2.75, 3.05) is 19.8 Å². The van der Waals surface area contributed by atoms with E-state index < -0.39 is 86.8 Å². The molecule has 0 bridgehead atoms. The van der Waals surface area contributed by atoms with Gasteiger partial charge in [-0.1, -0.05) is 309 Å². The van der Waals surface area contributed by atoms with Crippen LogP contribution in [0.5, 0.6) is 0 Å². The summed E-state index contributed by atoms with van der Waals surface area (Å²) in [6.07, 6.45) is 45.4. The van der Waals surface area contributed by atoms with Crippen LogP contribution in [0.15, 0.2) is 0 Å². The maximum Gasteiger partial charge on any atom is 0.220 e. The van der Waals surface area contributed by atoms with Gasteiger partial charge in [-0.25, -0.2) is 0 Å². The van der Waals surface area contributed by atoms with E-state index in [2.05, 4.69) is 19.2 Å². The van der Waals surface area contributed by atoms with Crippen molar-refractivity contribution in [3.8, 4) is 0 Å². The first-order valence-electron chi connectivity index (χ1n) is 34.8. The molecule has 0 aromatic carbocycles. The van der Waals surface area contributed by atoms with Gasteiger partial charge in [0.1, 0.15) is 48.8 Å². The van der Waals surface area contributed by atoms with E-state index in [1.54, 1.807) is 0 Å². The summed E-state index contributed by atoms with van der Waals surface area (Å²) in [4.78, 5) is 13.3. The molecule has 0 saturated carbocycles. The van der Waals surface area contributed by atoms with Crippen LogP contribution in [-0.2, 0) is 23.7 Å². The number of aliphatic hydroxyl groups is 8. The van der Waals surface area contributed by atoms with Gasteiger partial charge in [0.05, 0.1) is 32.0 Å². The molecule has 9 N–H and O–H groups in total. The maximum absolute atomic E-state index is 13.3. The summed E-state index contributed by atoms with van der Waals surface area (Å²) in [5.41, 5.74) is 0. The fraction of sp³-hybridized carbons (Fsp3) is 0.985. The van der Waals surface area contributed by atoms with E-state index in [4.69, 9.17) is 18.9 Å². The minimum atomic E-state index is -1.78. The molecular formula is C67H131NO13. The molecule has 0 aliphatic carbocycles. The zero-order valence-electron chi connectivity index (χ0n) is 52.3. The molecule has 2 rings (SSSR count). The molecule has 12 atom stereocenters. The number of aliphatic hydroxyl groups excluding tert-OH is 8. The van der Waals surface area contributed by atoms with Crippen LogP contribution in [0.3, 0.4) is 0 Å². The molecule has 0 aromatic rings. The minimum absolute atomic E-state index is 0.197. The van der Waals surface area contributed by atoms with Crippen LogP contribution >= 0.6 is 0 Å². The van der Waals surface area contributed by atoms with Gasteiger partial charge in [-0.3, -0.25) is 4.79 Å². The van der Waals surface area contributed by atoms with Gasteiger partial charge in [0, 0.05) is 6.42 Å². The first-order chi connectivity index (χ1) is 39.6. The minimum Gasteiger partial charge on any atom is -0.394 e. The van der Waals surface area contributed by atoms with Crippen LogP contribution in [0, 0.1) is 0 Å². The summed E-state index contributed by atoms with van der Waals surface area (Å²) >= 11 is 0. The van der Waals surface area contributed by atoms with Gasteiger partial charge in [-0.15, -0.1) is 0 Å². The Balaban J connectivity index is 1.68. The molecule has 2 aliphatic heterocycles. The zero-order chi connectivity index (χ0) is 58.8. The van der Waals surface area contributed by atoms with E-state index in [9.17, 15) is 45.6 Å². The van der Waals surface area contributed by atoms with E-state index in [0.29, 0.717) is 12.8 Å². The van der Waals surface area contributed by atoms with E-state index in [0.717, 1.165) is 51.4 Å². The number of hydrogen-bond acceptors (Lipinski definition) is 13. The first-order valence-corrected chi connectivity index (χ1v) is 34.8. The lowest BCUT2D eigenvalue weighted by Crippen LogP contribution is -2.65. The van der Waals surface area contributed by atoms with Crippen molar-refractivity contribution in [1.29, 1.82) is 0 Å². The summed E-state index contributed by atoms with van der Waals surface area (Å²) in [7, 11) is 0. The fourth-order valence-corrected chi connectivity index (χ4v) is 12.0. The average molecular weight is 1160 g/mol. The predicted octanol–water partition coefficient (Wildman–Crippen LogP) is 13.6. The molecule has 2 heterocycles. The lowest BCUT2D eigenvalue weighted by Gasteiger charge is -2.46. The van der Waals surface area contributed by atoms with Crippen molar-refractivity contribution in [2.45, 2.75) is 402 Å². The smallest absolute Gasteiger partial charge is 0.220 e. The Morgan fingerprint density at radius 1 is 0.395 bits per heavy atom. The summed E-state index contributed by atoms with van der Waals surface area (Å²) in [6.45, 7) is 2.93. The Labute approximate surface area is 495 Å². The van der Waals surface area contributed by atoms with Crippen LogP contribution in [0.4, 0.5) is 0 Å². The van der Waals surface area contributed by atoms with Crippen molar-refractivity contribution < 1.29 is 64.6 Å². The predicted molar refractivity (Wildman–Crippen MR) is 328 cm³/mol. The highest BCUT2D eigenvalue weighted by molar-refractivity contribution is 5.76. The van der Waals surface area contributed by atoms with E-state index in [1.807, 2.05) is 0 Å². The monoisotopic (exact) mass is 1160 g/mol. The molecule has 2 aliphatic rings. The normalized spacial score (nSPS) is 24.0. The van der Waals surface area contributed by atoms with Gasteiger partial charge in [-0.05, 0) is 12.8 Å². The van der Waals surface area contributed by atoms with Gasteiger partial charge in [0.15, 0.2) is 12.6 Å². The molecule has 2 fully saturated rings. The van der Waals surface area contributed by atoms with Crippen LogP contribution in [0.2, 0.25) is 0 Å². The molecule has 2 saturated heterocycles. The van der Waals surface area contributed by atoms with Crippen molar-refractivity contribution in [2.24, 2.45) is 0 Å². The first kappa shape index (κ1) is 76.1. The summed E-state index contributed by atoms with van der Waals surface area (Å²) in [5.74, 6) is -0.197. The lowest BCUT2D eigenvalue weighted by atomic mass is 9.97. The van der Waals surface area contributed by atoms with Crippen LogP contribution in [-0.4, -0.2) is 140 Å². The standard InChI is InChI=1S/C67H131NO13/c1-3-5-7-9-11-13-15-17-19-21-23-25-27-29-30-32-34-36-38-40-42-44-46-48-50-56(71)55(54-78-66-64(77)62(75)65(58(53-70)80-66)81-67-63(76)61(74)60(73)57(52-69)79-67)68-59(72)51-49-47-45-43-41-39-37-35-33-31-28-26-24-22-20-18-16-14-12-10-8-6-4-2/h55-58,60-67,69-71,73-77H,3-54H2,1-2H3,(H,68,72). The summed E-state index contributed by atoms with van der Waals surface area (Å²) < 4.78 is 22.9. The van der Waals surface area contributed by atoms with Gasteiger partial charge in [-0.2, -0.15) is 0 Å². The molecule has 81 heavy (non-hydrogen) atoms. The average Bonchev–Trinajstić information content (AvgIpc) is 3.48. The van der Waals surface area contributed by atoms with E-state index >= 15 is 0 Å². The number of ether oxygens (including phenoxy) is 4. The zero-order valence-corrected chi connectivity index (χ0v) is 52.3. The van der Waals surface area contributed by atoms with Crippen LogP contribution < -0.4 is 5.32 Å². The molecule has 0 radical (unpaired) electrons. The molecule has 0 aromatic heterocycles. The highest BCUT2D eigenvalue weighted by Gasteiger charge is 2.51. The molecule has 14 heteroatoms. The van der Waals surface area contributed by atoms with Crippen molar-refractivity contribution in [3.05, 3.63) is 0 Å². The van der Waals surface area contributed by atoms with Crippen molar-refractivity contribution in [1.82, 2.24) is 5.32 Å². The third-order valence-corrected chi connectivity index (χ3v) is 17.6. The Morgan fingerprint density at radius 3 is 1.05 bits per heavy atom. The number of hydrogen-bond donors (Lipinski definition) is 9. The summed E-state index contributed by atoms with van der Waals surface area (Å²) in [5, 5.41) is 87.6. The number of nitrogens with one attached hydrogen (secondary N) is 1. The molecule has 0 spiro atoms. The van der Waals surface area contributed by atoms with Crippen molar-refractivity contribution in [3.63, 3.8) is 0 Å². The van der Waals surface area contributed by atoms with Gasteiger partial charge < -0.3 is 65.1 Å². The van der Waals surface area contributed by atoms with Gasteiger partial charge in [0.2, 0.25) is 5.91 Å². The van der Waals surface area contributed by atoms with Crippen LogP contribution in [0.1, 0.15) is 328 Å². The second kappa shape index (κ2) is 53.2. The number of rotatable bonds is 58. The third-order valence-electron chi connectivity index (χ3n) is 17.6. The van der Waals surface area contributed by atoms with E-state index in [-0.39, 0.29) is 12.5 Å². The molecule has 482 valence electrons. The lowest BCUT2D eigenvalue weighted by molar-refractivity contribution is -0.359. The maximum atomic E-state index is 13.3. The Kier molecular flexibility index (Phi) is 50.0. The second-order valence-corrected chi connectivity index (χ2v) is 25.0. The van der Waals surface area contributed by atoms with Gasteiger partial charge in [0.25, 0.3) is 0 Å². The number of amides is 1. The highest BCUT2D eigenvalue weighted by atomic mass is 16.7. The number of carbonyl (C=O) groups is 1. The Morgan fingerprint density at radius 2 is 0.704 bits per heavy atom. The number of unbranched alkanes of at least 4 members (excludes halogenated alkanes) is 45. The third kappa shape index (κ3) is 38.0. The Hall–Kier alpha value is -1.01. The van der Waals surface area contributed by atoms with Crippen molar-refractivity contribution >= 4 is 5.91 Å². The molecule has 14 nitrogen and oxygen atoms in total. The molecular weight excluding hydrogens is 1030 g/mol. The highest BCUT2D eigenvalue weighted by Crippen LogP contribution is 2.30. The number of carbonyl (C=O) groups excluding carboxylic acids is 1. The quantitative estimate of drug-likeness (QED) is 0.0259. The summed E-state index contributed by atoms with van der Waals surface area (Å²) in [6, 6.07) is -0.824. The molecule has 1 amide bonds. The van der Waals surface area contributed by atoms with Crippen LogP contribution in [0.25, 0.3) is 0 Å². The molecule has 12 unspecified atom stereocenters. The second-order valence-electron chi connectivity index (χ2n) is 25.0. The van der Waals surface area contributed by atoms with Gasteiger partial charge >= 0.3 is 0 Å². The van der Waals surface area contributed by atoms with E-state index in [1.165, 1.54) is 250 Å². The SMILES string of the molecule is CCCCCCCCCCCCCCCCCCCCCCCCCCC(O)C(COC1OC(CO)C(OC2OC(CO)C(O)C(O)C2O)C(O)C1O)NC(=O)CCCCCCCCCCCCCCCCCCCCCCCCC. The largest absolute Gasteiger partial charge is 0.394 e. The fourth-order valence-electron chi connectivity index (χ4n) is 12.0.